The van der Waals surface area contributed by atoms with E-state index in [0.717, 1.165) is 30.4 Å². The van der Waals surface area contributed by atoms with Crippen LogP contribution < -0.4 is 34.3 Å². The lowest BCUT2D eigenvalue weighted by molar-refractivity contribution is -0.727. The zero-order valence-corrected chi connectivity index (χ0v) is 19.1. The molecule has 1 amide bonds. The summed E-state index contributed by atoms with van der Waals surface area (Å²) in [6, 6.07) is 20.5. The number of imidazole rings is 1. The number of hydrogen-bond donors (Lipinski definition) is 1. The second-order valence-corrected chi connectivity index (χ2v) is 7.93. The molecule has 0 spiro atoms. The van der Waals surface area contributed by atoms with Crippen LogP contribution in [0.25, 0.3) is 0 Å². The highest BCUT2D eigenvalue weighted by atomic mass is 127. The minimum absolute atomic E-state index is 0. The molecule has 1 aliphatic rings. The van der Waals surface area contributed by atoms with Gasteiger partial charge >= 0.3 is 0 Å². The fraction of sp³-hybridized carbons (Fsp3) is 0.333. The van der Waals surface area contributed by atoms with Crippen LogP contribution >= 0.6 is 0 Å². The van der Waals surface area contributed by atoms with E-state index < -0.39 is 5.41 Å². The van der Waals surface area contributed by atoms with Gasteiger partial charge in [-0.2, -0.15) is 0 Å². The average molecular weight is 501 g/mol. The summed E-state index contributed by atoms with van der Waals surface area (Å²) in [5.74, 6) is 1.13. The molecule has 2 N–H and O–H groups in total. The molecule has 2 aromatic carbocycles. The maximum atomic E-state index is 13.1. The van der Waals surface area contributed by atoms with Crippen molar-refractivity contribution in [3.05, 3.63) is 90.0 Å². The lowest BCUT2D eigenvalue weighted by Gasteiger charge is -2.37. The van der Waals surface area contributed by atoms with Gasteiger partial charge in [0.25, 0.3) is 5.82 Å². The van der Waals surface area contributed by atoms with Crippen LogP contribution in [0.15, 0.2) is 73.1 Å². The Labute approximate surface area is 189 Å². The van der Waals surface area contributed by atoms with Crippen LogP contribution in [0.5, 0.6) is 0 Å². The Morgan fingerprint density at radius 1 is 1.03 bits per heavy atom. The Morgan fingerprint density at radius 3 is 2.03 bits per heavy atom. The molecule has 1 aromatic heterocycles. The van der Waals surface area contributed by atoms with Crippen LogP contribution in [0, 0.1) is 12.8 Å². The quantitative estimate of drug-likeness (QED) is 0.401. The SMILES string of the molecule is Cc1n(C)cc[n+]1[C@H]1CC[C@@H](C(C(N)=O)(c2ccccc2)c2ccccc2)C1.[I-]. The van der Waals surface area contributed by atoms with Gasteiger partial charge in [0.05, 0.1) is 7.05 Å². The molecule has 1 fully saturated rings. The molecule has 4 nitrogen and oxygen atoms in total. The van der Waals surface area contributed by atoms with Gasteiger partial charge in [-0.05, 0) is 36.3 Å². The number of nitrogens with zero attached hydrogens (tertiary/aromatic N) is 2. The third-order valence-corrected chi connectivity index (χ3v) is 6.59. The molecule has 1 saturated carbocycles. The zero-order valence-electron chi connectivity index (χ0n) is 17.0. The van der Waals surface area contributed by atoms with E-state index in [1.54, 1.807) is 0 Å². The molecule has 1 aliphatic carbocycles. The van der Waals surface area contributed by atoms with E-state index in [-0.39, 0.29) is 35.8 Å². The molecule has 4 rings (SSSR count). The topological polar surface area (TPSA) is 51.9 Å². The van der Waals surface area contributed by atoms with Crippen molar-refractivity contribution in [2.24, 2.45) is 18.7 Å². The number of halogens is 1. The monoisotopic (exact) mass is 501 g/mol. The molecule has 2 atom stereocenters. The van der Waals surface area contributed by atoms with E-state index in [1.165, 1.54) is 5.82 Å². The number of primary amides is 1. The van der Waals surface area contributed by atoms with Crippen LogP contribution in [-0.2, 0) is 17.3 Å². The van der Waals surface area contributed by atoms with E-state index in [0.29, 0.717) is 6.04 Å². The van der Waals surface area contributed by atoms with Gasteiger partial charge in [-0.25, -0.2) is 9.13 Å². The van der Waals surface area contributed by atoms with Crippen molar-refractivity contribution in [1.29, 1.82) is 0 Å². The Hall–Kier alpha value is -2.15. The first-order chi connectivity index (χ1) is 13.5. The number of carbonyl (C=O) groups is 1. The van der Waals surface area contributed by atoms with Gasteiger partial charge in [0.1, 0.15) is 23.9 Å². The highest BCUT2D eigenvalue weighted by molar-refractivity contribution is 5.91. The summed E-state index contributed by atoms with van der Waals surface area (Å²) < 4.78 is 4.49. The predicted octanol–water partition coefficient (Wildman–Crippen LogP) is 0.438. The number of amides is 1. The highest BCUT2D eigenvalue weighted by Crippen LogP contribution is 2.48. The average Bonchev–Trinajstić information content (AvgIpc) is 3.32. The van der Waals surface area contributed by atoms with E-state index in [1.807, 2.05) is 60.7 Å². The summed E-state index contributed by atoms with van der Waals surface area (Å²) in [4.78, 5) is 13.1. The summed E-state index contributed by atoms with van der Waals surface area (Å²) in [6.07, 6.45) is 7.20. The fourth-order valence-corrected chi connectivity index (χ4v) is 5.09. The van der Waals surface area contributed by atoms with Gasteiger partial charge in [0, 0.05) is 6.92 Å². The number of hydrogen-bond acceptors (Lipinski definition) is 1. The van der Waals surface area contributed by atoms with Crippen LogP contribution in [0.1, 0.15) is 42.3 Å². The number of carbonyl (C=O) groups excluding carboxylic acids is 1. The fourth-order valence-electron chi connectivity index (χ4n) is 5.09. The molecular weight excluding hydrogens is 473 g/mol. The van der Waals surface area contributed by atoms with Crippen molar-refractivity contribution in [3.8, 4) is 0 Å². The van der Waals surface area contributed by atoms with Crippen molar-refractivity contribution < 1.29 is 33.3 Å². The zero-order chi connectivity index (χ0) is 19.7. The van der Waals surface area contributed by atoms with Gasteiger partial charge in [-0.3, -0.25) is 4.79 Å². The molecule has 0 saturated heterocycles. The second-order valence-electron chi connectivity index (χ2n) is 7.93. The highest BCUT2D eigenvalue weighted by Gasteiger charge is 2.51. The molecular formula is C24H28IN3O. The summed E-state index contributed by atoms with van der Waals surface area (Å²) in [7, 11) is 2.07. The first kappa shape index (κ1) is 21.6. The first-order valence-electron chi connectivity index (χ1n) is 9.99. The summed E-state index contributed by atoms with van der Waals surface area (Å²) >= 11 is 0. The molecule has 1 heterocycles. The minimum Gasteiger partial charge on any atom is -1.00 e. The van der Waals surface area contributed by atoms with Crippen LogP contribution in [0.2, 0.25) is 0 Å². The van der Waals surface area contributed by atoms with Gasteiger partial charge in [-0.1, -0.05) is 60.7 Å². The van der Waals surface area contributed by atoms with Crippen LogP contribution in [0.4, 0.5) is 0 Å². The standard InChI is InChI=1S/C24H27N3O.HI/c1-18-26(2)15-16-27(18)22-14-13-21(17-22)24(23(25)28,19-9-5-3-6-10-19)20-11-7-4-8-12-20;/h3-12,15-16,21-22H,13-14,17H2,1-2H3,(H-,25,28);1H/t21-,22+;/m1./s1. The molecule has 152 valence electrons. The summed E-state index contributed by atoms with van der Waals surface area (Å²) in [6.45, 7) is 2.14. The summed E-state index contributed by atoms with van der Waals surface area (Å²) in [5, 5.41) is 0. The normalized spacial score (nSPS) is 19.0. The molecule has 5 heteroatoms. The van der Waals surface area contributed by atoms with E-state index >= 15 is 0 Å². The number of aryl methyl sites for hydroxylation is 1. The maximum Gasteiger partial charge on any atom is 0.253 e. The van der Waals surface area contributed by atoms with E-state index in [4.69, 9.17) is 5.73 Å². The van der Waals surface area contributed by atoms with Crippen molar-refractivity contribution in [3.63, 3.8) is 0 Å². The molecule has 0 bridgehead atoms. The summed E-state index contributed by atoms with van der Waals surface area (Å²) in [5.41, 5.74) is 7.37. The maximum absolute atomic E-state index is 13.1. The first-order valence-corrected chi connectivity index (χ1v) is 9.99. The van der Waals surface area contributed by atoms with Gasteiger partial charge in [0.2, 0.25) is 5.91 Å². The van der Waals surface area contributed by atoms with Gasteiger partial charge < -0.3 is 29.7 Å². The van der Waals surface area contributed by atoms with Crippen molar-refractivity contribution in [2.45, 2.75) is 37.6 Å². The largest absolute Gasteiger partial charge is 1.00 e. The number of aromatic nitrogens is 2. The molecule has 0 radical (unpaired) electrons. The molecule has 3 aromatic rings. The number of rotatable bonds is 5. The van der Waals surface area contributed by atoms with E-state index in [2.05, 4.69) is 35.5 Å². The Kier molecular flexibility index (Phi) is 6.46. The Bertz CT molecular complexity index is 929. The molecule has 0 unspecified atom stereocenters. The van der Waals surface area contributed by atoms with Crippen LogP contribution in [-0.4, -0.2) is 10.5 Å². The van der Waals surface area contributed by atoms with Gasteiger partial charge in [-0.15, -0.1) is 0 Å². The van der Waals surface area contributed by atoms with Crippen LogP contribution in [0.3, 0.4) is 0 Å². The lowest BCUT2D eigenvalue weighted by Crippen LogP contribution is -3.00. The third-order valence-electron chi connectivity index (χ3n) is 6.59. The van der Waals surface area contributed by atoms with Crippen molar-refractivity contribution in [1.82, 2.24) is 4.57 Å². The van der Waals surface area contributed by atoms with Gasteiger partial charge in [0.15, 0.2) is 0 Å². The Morgan fingerprint density at radius 2 is 1.59 bits per heavy atom. The van der Waals surface area contributed by atoms with E-state index in [9.17, 15) is 4.79 Å². The second kappa shape index (κ2) is 8.69. The molecule has 0 aliphatic heterocycles. The Balaban J connectivity index is 0.00000240. The predicted molar refractivity (Wildman–Crippen MR) is 110 cm³/mol. The smallest absolute Gasteiger partial charge is 0.253 e. The lowest BCUT2D eigenvalue weighted by atomic mass is 9.64. The molecule has 29 heavy (non-hydrogen) atoms. The number of nitrogens with two attached hydrogens (primary N) is 1. The van der Waals surface area contributed by atoms with Crippen molar-refractivity contribution >= 4 is 5.91 Å². The minimum atomic E-state index is -0.805. The number of benzene rings is 2. The third kappa shape index (κ3) is 3.61. The van der Waals surface area contributed by atoms with Crippen molar-refractivity contribution in [2.75, 3.05) is 0 Å².